The molecule has 2 aliphatic rings. The van der Waals surface area contributed by atoms with Crippen LogP contribution in [0.25, 0.3) is 0 Å². The van der Waals surface area contributed by atoms with Crippen LogP contribution in [0.5, 0.6) is 0 Å². The second-order valence-electron chi connectivity index (χ2n) is 9.35. The Kier molecular flexibility index (Phi) is 7.29. The van der Waals surface area contributed by atoms with Crippen LogP contribution in [0.15, 0.2) is 54.6 Å². The van der Waals surface area contributed by atoms with Gasteiger partial charge in [-0.15, -0.1) is 0 Å². The fourth-order valence-corrected chi connectivity index (χ4v) is 5.74. The van der Waals surface area contributed by atoms with Gasteiger partial charge in [-0.2, -0.15) is 0 Å². The Morgan fingerprint density at radius 1 is 1.00 bits per heavy atom. The van der Waals surface area contributed by atoms with E-state index in [9.17, 15) is 9.50 Å². The number of aliphatic hydroxyl groups excluding tert-OH is 1. The van der Waals surface area contributed by atoms with Crippen LogP contribution in [0, 0.1) is 5.82 Å². The van der Waals surface area contributed by atoms with Gasteiger partial charge in [0.2, 0.25) is 0 Å². The zero-order valence-corrected chi connectivity index (χ0v) is 18.8. The van der Waals surface area contributed by atoms with Crippen LogP contribution in [0.1, 0.15) is 69.9 Å². The molecule has 0 radical (unpaired) electrons. The van der Waals surface area contributed by atoms with E-state index in [0.29, 0.717) is 6.04 Å². The lowest BCUT2D eigenvalue weighted by Crippen LogP contribution is -2.61. The SMILES string of the molecule is CCCCC(c1ccc(F)cc1)N1CCC2(CC1)C(O)CCCCN2c1ccccc1. The van der Waals surface area contributed by atoms with Crippen molar-refractivity contribution in [2.24, 2.45) is 0 Å². The Balaban J connectivity index is 1.56. The first kappa shape index (κ1) is 22.3. The summed E-state index contributed by atoms with van der Waals surface area (Å²) in [4.78, 5) is 5.09. The molecular formula is C27H37FN2O. The van der Waals surface area contributed by atoms with Crippen molar-refractivity contribution in [1.29, 1.82) is 0 Å². The molecule has 168 valence electrons. The minimum absolute atomic E-state index is 0.171. The Morgan fingerprint density at radius 3 is 2.39 bits per heavy atom. The molecule has 1 spiro atoms. The van der Waals surface area contributed by atoms with Gasteiger partial charge in [0.25, 0.3) is 0 Å². The average molecular weight is 425 g/mol. The summed E-state index contributed by atoms with van der Waals surface area (Å²) in [6, 6.07) is 18.1. The number of anilines is 1. The summed E-state index contributed by atoms with van der Waals surface area (Å²) in [5, 5.41) is 11.3. The summed E-state index contributed by atoms with van der Waals surface area (Å²) in [6.45, 7) is 5.17. The minimum atomic E-state index is -0.294. The van der Waals surface area contributed by atoms with Crippen molar-refractivity contribution >= 4 is 5.69 Å². The number of likely N-dealkylation sites (tertiary alicyclic amines) is 1. The molecule has 2 unspecified atom stereocenters. The molecule has 2 atom stereocenters. The topological polar surface area (TPSA) is 26.7 Å². The lowest BCUT2D eigenvalue weighted by atomic mass is 9.78. The summed E-state index contributed by atoms with van der Waals surface area (Å²) in [7, 11) is 0. The number of halogens is 1. The van der Waals surface area contributed by atoms with Crippen LogP contribution in [0.2, 0.25) is 0 Å². The maximum Gasteiger partial charge on any atom is 0.123 e. The Hall–Kier alpha value is -1.91. The first-order chi connectivity index (χ1) is 15.1. The molecule has 31 heavy (non-hydrogen) atoms. The monoisotopic (exact) mass is 424 g/mol. The fourth-order valence-electron chi connectivity index (χ4n) is 5.74. The van der Waals surface area contributed by atoms with Crippen LogP contribution >= 0.6 is 0 Å². The molecule has 0 bridgehead atoms. The van der Waals surface area contributed by atoms with Crippen molar-refractivity contribution in [1.82, 2.24) is 4.90 Å². The predicted octanol–water partition coefficient (Wildman–Crippen LogP) is 5.94. The van der Waals surface area contributed by atoms with Crippen LogP contribution in [0.4, 0.5) is 10.1 Å². The number of rotatable bonds is 6. The number of piperidine rings is 1. The highest BCUT2D eigenvalue weighted by atomic mass is 19.1. The molecule has 4 rings (SSSR count). The van der Waals surface area contributed by atoms with E-state index in [0.717, 1.165) is 64.6 Å². The normalized spacial score (nSPS) is 22.9. The number of para-hydroxylation sites is 1. The predicted molar refractivity (Wildman–Crippen MR) is 126 cm³/mol. The largest absolute Gasteiger partial charge is 0.391 e. The van der Waals surface area contributed by atoms with Gasteiger partial charge in [-0.05, 0) is 68.4 Å². The maximum absolute atomic E-state index is 13.5. The number of benzene rings is 2. The molecule has 0 aromatic heterocycles. The van der Waals surface area contributed by atoms with Crippen molar-refractivity contribution in [3.8, 4) is 0 Å². The summed E-state index contributed by atoms with van der Waals surface area (Å²) >= 11 is 0. The molecular weight excluding hydrogens is 387 g/mol. The van der Waals surface area contributed by atoms with Gasteiger partial charge < -0.3 is 10.0 Å². The standard InChI is InChI=1S/C27H37FN2O/c1-2-3-11-25(22-13-15-23(28)16-14-22)29-20-17-27(18-21-29)26(31)12-7-8-19-30(27)24-9-5-4-6-10-24/h4-6,9-10,13-16,25-26,31H,2-3,7-8,11-12,17-21H2,1H3. The van der Waals surface area contributed by atoms with Gasteiger partial charge in [-0.3, -0.25) is 4.90 Å². The summed E-state index contributed by atoms with van der Waals surface area (Å²) in [5.74, 6) is -0.171. The third kappa shape index (κ3) is 4.80. The van der Waals surface area contributed by atoms with E-state index in [-0.39, 0.29) is 17.5 Å². The molecule has 0 saturated carbocycles. The molecule has 3 nitrogen and oxygen atoms in total. The van der Waals surface area contributed by atoms with Gasteiger partial charge in [0.05, 0.1) is 11.6 Å². The third-order valence-corrected chi connectivity index (χ3v) is 7.53. The van der Waals surface area contributed by atoms with E-state index in [1.807, 2.05) is 12.1 Å². The average Bonchev–Trinajstić information content (AvgIpc) is 2.96. The lowest BCUT2D eigenvalue weighted by molar-refractivity contribution is 0.0176. The Labute approximate surface area is 186 Å². The fraction of sp³-hybridized carbons (Fsp3) is 0.556. The zero-order chi connectivity index (χ0) is 21.7. The molecule has 0 aliphatic carbocycles. The second kappa shape index (κ2) is 10.1. The highest BCUT2D eigenvalue weighted by Gasteiger charge is 2.47. The van der Waals surface area contributed by atoms with Crippen molar-refractivity contribution in [3.63, 3.8) is 0 Å². The molecule has 4 heteroatoms. The Morgan fingerprint density at radius 2 is 1.71 bits per heavy atom. The van der Waals surface area contributed by atoms with E-state index < -0.39 is 0 Å². The van der Waals surface area contributed by atoms with Crippen LogP contribution in [0.3, 0.4) is 0 Å². The first-order valence-corrected chi connectivity index (χ1v) is 12.1. The number of nitrogens with zero attached hydrogens (tertiary/aromatic N) is 2. The van der Waals surface area contributed by atoms with E-state index in [1.165, 1.54) is 17.7 Å². The summed E-state index contributed by atoms with van der Waals surface area (Å²) < 4.78 is 13.5. The second-order valence-corrected chi connectivity index (χ2v) is 9.35. The number of hydrogen-bond donors (Lipinski definition) is 1. The van der Waals surface area contributed by atoms with Crippen LogP contribution < -0.4 is 4.90 Å². The van der Waals surface area contributed by atoms with Crippen molar-refractivity contribution in [3.05, 3.63) is 66.0 Å². The van der Waals surface area contributed by atoms with Crippen LogP contribution in [-0.4, -0.2) is 41.3 Å². The maximum atomic E-state index is 13.5. The molecule has 2 saturated heterocycles. The molecule has 2 aromatic carbocycles. The van der Waals surface area contributed by atoms with Gasteiger partial charge in [-0.25, -0.2) is 4.39 Å². The quantitative estimate of drug-likeness (QED) is 0.621. The van der Waals surface area contributed by atoms with Crippen molar-refractivity contribution < 1.29 is 9.50 Å². The minimum Gasteiger partial charge on any atom is -0.391 e. The highest BCUT2D eigenvalue weighted by Crippen LogP contribution is 2.42. The molecule has 2 aliphatic heterocycles. The van der Waals surface area contributed by atoms with E-state index >= 15 is 0 Å². The molecule has 2 fully saturated rings. The molecule has 0 amide bonds. The first-order valence-electron chi connectivity index (χ1n) is 12.1. The van der Waals surface area contributed by atoms with Crippen molar-refractivity contribution in [2.45, 2.75) is 76.0 Å². The van der Waals surface area contributed by atoms with Gasteiger partial charge in [-0.1, -0.05) is 50.1 Å². The molecule has 2 heterocycles. The van der Waals surface area contributed by atoms with Gasteiger partial charge >= 0.3 is 0 Å². The molecule has 1 N–H and O–H groups in total. The third-order valence-electron chi connectivity index (χ3n) is 7.53. The van der Waals surface area contributed by atoms with Crippen molar-refractivity contribution in [2.75, 3.05) is 24.5 Å². The smallest absolute Gasteiger partial charge is 0.123 e. The highest BCUT2D eigenvalue weighted by molar-refractivity contribution is 5.50. The van der Waals surface area contributed by atoms with E-state index in [2.05, 4.69) is 47.1 Å². The Bertz CT molecular complexity index is 802. The van der Waals surface area contributed by atoms with Gasteiger partial charge in [0.15, 0.2) is 0 Å². The molecule has 2 aromatic rings. The number of unbranched alkanes of at least 4 members (excludes halogenated alkanes) is 1. The summed E-state index contributed by atoms with van der Waals surface area (Å²) in [5.41, 5.74) is 2.26. The number of hydrogen-bond acceptors (Lipinski definition) is 3. The van der Waals surface area contributed by atoms with E-state index in [4.69, 9.17) is 0 Å². The zero-order valence-electron chi connectivity index (χ0n) is 18.8. The van der Waals surface area contributed by atoms with E-state index in [1.54, 1.807) is 12.1 Å². The van der Waals surface area contributed by atoms with Crippen LogP contribution in [-0.2, 0) is 0 Å². The number of aliphatic hydroxyl groups is 1. The lowest BCUT2D eigenvalue weighted by Gasteiger charge is -2.52. The van der Waals surface area contributed by atoms with Gasteiger partial charge in [0.1, 0.15) is 5.82 Å². The van der Waals surface area contributed by atoms with Gasteiger partial charge in [0, 0.05) is 31.4 Å². The summed E-state index contributed by atoms with van der Waals surface area (Å²) in [6.07, 6.45) is 8.17.